The lowest BCUT2D eigenvalue weighted by Crippen LogP contribution is -2.04. The van der Waals surface area contributed by atoms with Crippen molar-refractivity contribution in [1.82, 2.24) is 4.98 Å². The fourth-order valence-electron chi connectivity index (χ4n) is 1.91. The van der Waals surface area contributed by atoms with Crippen molar-refractivity contribution in [3.63, 3.8) is 0 Å². The number of aryl methyl sites for hydroxylation is 1. The zero-order valence-electron chi connectivity index (χ0n) is 8.49. The molecule has 0 bridgehead atoms. The van der Waals surface area contributed by atoms with Gasteiger partial charge in [-0.1, -0.05) is 12.1 Å². The Morgan fingerprint density at radius 2 is 2.00 bits per heavy atom. The summed E-state index contributed by atoms with van der Waals surface area (Å²) in [7, 11) is 0. The monoisotopic (exact) mass is 195 g/mol. The third-order valence-corrected chi connectivity index (χ3v) is 2.63. The van der Waals surface area contributed by atoms with Crippen molar-refractivity contribution in [2.45, 2.75) is 6.92 Å². The molecule has 0 amide bonds. The average molecular weight is 195 g/mol. The molecule has 2 aromatic heterocycles. The Labute approximate surface area is 87.6 Å². The second kappa shape index (κ2) is 3.02. The number of pyridine rings is 2. The van der Waals surface area contributed by atoms with E-state index in [-0.39, 0.29) is 0 Å². The molecule has 15 heavy (non-hydrogen) atoms. The maximum Gasteiger partial charge on any atom is 0.237 e. The Kier molecular flexibility index (Phi) is 1.68. The standard InChI is InChI=1S/C13H10N2/c1-9-7-11-5-4-10-3-2-6-14-12(10)13(11)15-8-9/h2-8H,1H3/p+1. The van der Waals surface area contributed by atoms with Crippen LogP contribution in [0.4, 0.5) is 0 Å². The van der Waals surface area contributed by atoms with Gasteiger partial charge in [-0.25, -0.2) is 9.97 Å². The molecule has 1 aromatic carbocycles. The fraction of sp³-hybridized carbons (Fsp3) is 0.0769. The van der Waals surface area contributed by atoms with E-state index in [1.54, 1.807) is 0 Å². The lowest BCUT2D eigenvalue weighted by atomic mass is 10.1. The third kappa shape index (κ3) is 1.26. The van der Waals surface area contributed by atoms with E-state index < -0.39 is 0 Å². The van der Waals surface area contributed by atoms with Crippen LogP contribution in [-0.2, 0) is 0 Å². The highest BCUT2D eigenvalue weighted by Crippen LogP contribution is 2.19. The van der Waals surface area contributed by atoms with E-state index in [1.165, 1.54) is 16.3 Å². The van der Waals surface area contributed by atoms with Crippen molar-refractivity contribution in [1.29, 1.82) is 0 Å². The smallest absolute Gasteiger partial charge is 0.237 e. The topological polar surface area (TPSA) is 27.0 Å². The molecule has 0 aliphatic heterocycles. The number of rotatable bonds is 0. The van der Waals surface area contributed by atoms with Crippen LogP contribution in [0.3, 0.4) is 0 Å². The predicted molar refractivity (Wildman–Crippen MR) is 60.5 cm³/mol. The van der Waals surface area contributed by atoms with Gasteiger partial charge in [0.25, 0.3) is 0 Å². The summed E-state index contributed by atoms with van der Waals surface area (Å²) in [6, 6.07) is 10.4. The number of aromatic nitrogens is 2. The minimum absolute atomic E-state index is 1.04. The first kappa shape index (κ1) is 8.36. The number of hydrogen-bond acceptors (Lipinski definition) is 1. The van der Waals surface area contributed by atoms with E-state index >= 15 is 0 Å². The van der Waals surface area contributed by atoms with Gasteiger partial charge in [0.15, 0.2) is 6.20 Å². The molecule has 0 spiro atoms. The molecule has 0 radical (unpaired) electrons. The van der Waals surface area contributed by atoms with Gasteiger partial charge >= 0.3 is 0 Å². The lowest BCUT2D eigenvalue weighted by Gasteiger charge is -1.97. The van der Waals surface area contributed by atoms with Crippen molar-refractivity contribution in [2.24, 2.45) is 0 Å². The van der Waals surface area contributed by atoms with Crippen molar-refractivity contribution in [2.75, 3.05) is 0 Å². The van der Waals surface area contributed by atoms with Gasteiger partial charge in [-0.2, -0.15) is 0 Å². The molecule has 2 heteroatoms. The molecule has 72 valence electrons. The summed E-state index contributed by atoms with van der Waals surface area (Å²) >= 11 is 0. The number of fused-ring (bicyclic) bond motifs is 3. The Morgan fingerprint density at radius 3 is 2.93 bits per heavy atom. The molecule has 2 heterocycles. The summed E-state index contributed by atoms with van der Waals surface area (Å²) in [5.74, 6) is 0. The Bertz CT molecular complexity index is 644. The van der Waals surface area contributed by atoms with Gasteiger partial charge in [-0.05, 0) is 25.1 Å². The molecule has 0 unspecified atom stereocenters. The molecule has 2 nitrogen and oxygen atoms in total. The summed E-state index contributed by atoms with van der Waals surface area (Å²) in [5.41, 5.74) is 3.38. The van der Waals surface area contributed by atoms with Crippen LogP contribution in [0.2, 0.25) is 0 Å². The van der Waals surface area contributed by atoms with Gasteiger partial charge < -0.3 is 0 Å². The second-order valence-corrected chi connectivity index (χ2v) is 3.78. The average Bonchev–Trinajstić information content (AvgIpc) is 2.28. The van der Waals surface area contributed by atoms with Gasteiger partial charge in [0.05, 0.1) is 0 Å². The van der Waals surface area contributed by atoms with Crippen LogP contribution in [0.15, 0.2) is 42.7 Å². The van der Waals surface area contributed by atoms with Crippen molar-refractivity contribution in [3.8, 4) is 0 Å². The molecule has 0 aliphatic rings. The van der Waals surface area contributed by atoms with Crippen molar-refractivity contribution >= 4 is 21.8 Å². The van der Waals surface area contributed by atoms with E-state index in [0.29, 0.717) is 0 Å². The molecular formula is C13H11N2+. The molecule has 1 N–H and O–H groups in total. The molecule has 0 atom stereocenters. The molecule has 3 rings (SSSR count). The van der Waals surface area contributed by atoms with Crippen LogP contribution in [0.5, 0.6) is 0 Å². The van der Waals surface area contributed by atoms with Gasteiger partial charge in [-0.15, -0.1) is 0 Å². The number of H-pyrrole nitrogens is 1. The van der Waals surface area contributed by atoms with Crippen LogP contribution < -0.4 is 4.98 Å². The molecule has 0 saturated carbocycles. The van der Waals surface area contributed by atoms with E-state index in [0.717, 1.165) is 11.0 Å². The Morgan fingerprint density at radius 1 is 1.13 bits per heavy atom. The maximum atomic E-state index is 4.41. The van der Waals surface area contributed by atoms with Crippen LogP contribution in [-0.4, -0.2) is 4.98 Å². The minimum atomic E-state index is 1.04. The number of nitrogens with zero attached hydrogens (tertiary/aromatic N) is 1. The zero-order chi connectivity index (χ0) is 10.3. The first-order chi connectivity index (χ1) is 7.34. The predicted octanol–water partition coefficient (Wildman–Crippen LogP) is 2.51. The number of hydrogen-bond donors (Lipinski definition) is 0. The van der Waals surface area contributed by atoms with Crippen molar-refractivity contribution < 1.29 is 4.98 Å². The molecular weight excluding hydrogens is 184 g/mol. The maximum absolute atomic E-state index is 4.41. The summed E-state index contributed by atoms with van der Waals surface area (Å²) in [4.78, 5) is 7.71. The largest absolute Gasteiger partial charge is 0.249 e. The highest BCUT2D eigenvalue weighted by molar-refractivity contribution is 6.00. The molecule has 0 aliphatic carbocycles. The first-order valence-corrected chi connectivity index (χ1v) is 5.00. The highest BCUT2D eigenvalue weighted by atomic mass is 14.7. The number of benzene rings is 1. The highest BCUT2D eigenvalue weighted by Gasteiger charge is 2.06. The molecule has 3 aromatic rings. The van der Waals surface area contributed by atoms with E-state index in [1.807, 2.05) is 18.5 Å². The first-order valence-electron chi connectivity index (χ1n) is 5.00. The SMILES string of the molecule is Cc1c[nH+]c2c(ccc3cccnc32)c1. The quantitative estimate of drug-likeness (QED) is 0.506. The zero-order valence-corrected chi connectivity index (χ0v) is 8.49. The van der Waals surface area contributed by atoms with Gasteiger partial charge in [0.1, 0.15) is 5.52 Å². The van der Waals surface area contributed by atoms with Gasteiger partial charge in [0, 0.05) is 22.5 Å². The lowest BCUT2D eigenvalue weighted by molar-refractivity contribution is -0.344. The Hall–Kier alpha value is -1.96. The minimum Gasteiger partial charge on any atom is -0.249 e. The molecule has 0 fully saturated rings. The van der Waals surface area contributed by atoms with Gasteiger partial charge in [-0.3, -0.25) is 0 Å². The number of aromatic amines is 1. The summed E-state index contributed by atoms with van der Waals surface area (Å²) in [6.45, 7) is 2.08. The normalized spacial score (nSPS) is 11.0. The van der Waals surface area contributed by atoms with E-state index in [2.05, 4.69) is 41.2 Å². The van der Waals surface area contributed by atoms with Crippen LogP contribution in [0.25, 0.3) is 21.8 Å². The molecule has 0 saturated heterocycles. The number of nitrogens with one attached hydrogen (secondary N) is 1. The summed E-state index contributed by atoms with van der Waals surface area (Å²) in [5, 5.41) is 2.38. The van der Waals surface area contributed by atoms with Gasteiger partial charge in [0.2, 0.25) is 5.52 Å². The van der Waals surface area contributed by atoms with Crippen LogP contribution in [0.1, 0.15) is 5.56 Å². The second-order valence-electron chi connectivity index (χ2n) is 3.78. The fourth-order valence-corrected chi connectivity index (χ4v) is 1.91. The Balaban J connectivity index is 2.55. The van der Waals surface area contributed by atoms with E-state index in [4.69, 9.17) is 0 Å². The third-order valence-electron chi connectivity index (χ3n) is 2.63. The summed E-state index contributed by atoms with van der Waals surface area (Å²) < 4.78 is 0. The van der Waals surface area contributed by atoms with Crippen LogP contribution >= 0.6 is 0 Å². The van der Waals surface area contributed by atoms with Crippen molar-refractivity contribution in [3.05, 3.63) is 48.3 Å². The van der Waals surface area contributed by atoms with Crippen LogP contribution in [0, 0.1) is 6.92 Å². The van der Waals surface area contributed by atoms with E-state index in [9.17, 15) is 0 Å². The summed E-state index contributed by atoms with van der Waals surface area (Å²) in [6.07, 6.45) is 3.84.